The van der Waals surface area contributed by atoms with Crippen molar-refractivity contribution in [3.63, 3.8) is 0 Å². The van der Waals surface area contributed by atoms with E-state index >= 15 is 0 Å². The third-order valence-corrected chi connectivity index (χ3v) is 3.70. The van der Waals surface area contributed by atoms with E-state index in [1.54, 1.807) is 0 Å². The van der Waals surface area contributed by atoms with Gasteiger partial charge in [-0.3, -0.25) is 0 Å². The van der Waals surface area contributed by atoms with Gasteiger partial charge in [-0.05, 0) is 43.4 Å². The molecule has 0 saturated heterocycles. The normalized spacial score (nSPS) is 29.5. The molecular formula is C10H18FN. The molecule has 1 atom stereocenters. The van der Waals surface area contributed by atoms with Crippen LogP contribution in [0.3, 0.4) is 0 Å². The summed E-state index contributed by atoms with van der Waals surface area (Å²) in [5.41, 5.74) is 5.93. The van der Waals surface area contributed by atoms with Crippen LogP contribution in [-0.4, -0.2) is 12.7 Å². The van der Waals surface area contributed by atoms with Gasteiger partial charge in [-0.25, -0.2) is 4.39 Å². The molecule has 0 heterocycles. The smallest absolute Gasteiger partial charge is 0.113 e. The van der Waals surface area contributed by atoms with Crippen LogP contribution in [0.15, 0.2) is 0 Å². The zero-order chi connectivity index (χ0) is 8.60. The monoisotopic (exact) mass is 171 g/mol. The molecule has 2 aliphatic rings. The summed E-state index contributed by atoms with van der Waals surface area (Å²) in [7, 11) is 0. The summed E-state index contributed by atoms with van der Waals surface area (Å²) >= 11 is 0. The average molecular weight is 171 g/mol. The molecule has 0 aromatic rings. The Bertz CT molecular complexity index is 154. The summed E-state index contributed by atoms with van der Waals surface area (Å²) in [5.74, 6) is 0.656. The topological polar surface area (TPSA) is 26.0 Å². The van der Waals surface area contributed by atoms with Gasteiger partial charge in [0.05, 0.1) is 0 Å². The van der Waals surface area contributed by atoms with Gasteiger partial charge in [-0.2, -0.15) is 0 Å². The van der Waals surface area contributed by atoms with Crippen LogP contribution in [0.25, 0.3) is 0 Å². The maximum atomic E-state index is 12.9. The first-order valence-corrected chi connectivity index (χ1v) is 5.08. The summed E-state index contributed by atoms with van der Waals surface area (Å²) in [6.07, 6.45) is 6.76. The van der Waals surface area contributed by atoms with Crippen molar-refractivity contribution in [2.75, 3.05) is 6.54 Å². The van der Waals surface area contributed by atoms with E-state index < -0.39 is 6.17 Å². The van der Waals surface area contributed by atoms with Crippen molar-refractivity contribution in [1.29, 1.82) is 0 Å². The fourth-order valence-corrected chi connectivity index (χ4v) is 2.87. The molecule has 70 valence electrons. The van der Waals surface area contributed by atoms with Crippen LogP contribution < -0.4 is 5.73 Å². The molecule has 2 fully saturated rings. The van der Waals surface area contributed by atoms with E-state index in [1.165, 1.54) is 32.1 Å². The van der Waals surface area contributed by atoms with E-state index in [9.17, 15) is 4.39 Å². The van der Waals surface area contributed by atoms with Crippen molar-refractivity contribution in [3.8, 4) is 0 Å². The molecule has 1 spiro atoms. The lowest BCUT2D eigenvalue weighted by Crippen LogP contribution is -2.43. The number of hydrogen-bond acceptors (Lipinski definition) is 1. The zero-order valence-electron chi connectivity index (χ0n) is 7.56. The molecule has 2 rings (SSSR count). The highest BCUT2D eigenvalue weighted by molar-refractivity contribution is 4.99. The Morgan fingerprint density at radius 1 is 1.42 bits per heavy atom. The van der Waals surface area contributed by atoms with Crippen LogP contribution in [0.5, 0.6) is 0 Å². The number of hydrogen-bond donors (Lipinski definition) is 1. The molecule has 0 aromatic carbocycles. The van der Waals surface area contributed by atoms with E-state index in [2.05, 4.69) is 0 Å². The van der Waals surface area contributed by atoms with E-state index in [-0.39, 0.29) is 6.54 Å². The molecule has 12 heavy (non-hydrogen) atoms. The third kappa shape index (κ3) is 1.37. The van der Waals surface area contributed by atoms with E-state index in [4.69, 9.17) is 5.73 Å². The maximum absolute atomic E-state index is 12.9. The highest BCUT2D eigenvalue weighted by Crippen LogP contribution is 2.59. The fraction of sp³-hybridized carbons (Fsp3) is 1.00. The Labute approximate surface area is 73.5 Å². The lowest BCUT2D eigenvalue weighted by Gasteiger charge is -2.54. The first-order chi connectivity index (χ1) is 5.74. The standard InChI is InChI=1S/C10H18FN/c11-9(7-12)4-8-5-10(6-8)2-1-3-10/h8-9H,1-7,12H2/t9-/m1/s1. The van der Waals surface area contributed by atoms with Gasteiger partial charge in [0, 0.05) is 6.54 Å². The largest absolute Gasteiger partial charge is 0.328 e. The quantitative estimate of drug-likeness (QED) is 0.692. The number of alkyl halides is 1. The van der Waals surface area contributed by atoms with E-state index in [0.29, 0.717) is 11.3 Å². The number of rotatable bonds is 3. The fourth-order valence-electron chi connectivity index (χ4n) is 2.87. The number of halogens is 1. The molecule has 2 saturated carbocycles. The second-order valence-electron chi connectivity index (χ2n) is 4.70. The van der Waals surface area contributed by atoms with Crippen molar-refractivity contribution in [1.82, 2.24) is 0 Å². The minimum absolute atomic E-state index is 0.212. The molecule has 0 aromatic heterocycles. The molecule has 2 heteroatoms. The van der Waals surface area contributed by atoms with Crippen molar-refractivity contribution < 1.29 is 4.39 Å². The second kappa shape index (κ2) is 2.99. The molecule has 2 N–H and O–H groups in total. The Hall–Kier alpha value is -0.110. The highest BCUT2D eigenvalue weighted by atomic mass is 19.1. The minimum Gasteiger partial charge on any atom is -0.328 e. The van der Waals surface area contributed by atoms with Crippen LogP contribution in [0.1, 0.15) is 38.5 Å². The van der Waals surface area contributed by atoms with Gasteiger partial charge in [-0.1, -0.05) is 6.42 Å². The van der Waals surface area contributed by atoms with Gasteiger partial charge < -0.3 is 5.73 Å². The van der Waals surface area contributed by atoms with E-state index in [1.807, 2.05) is 0 Å². The molecule has 0 radical (unpaired) electrons. The first-order valence-electron chi connectivity index (χ1n) is 5.08. The van der Waals surface area contributed by atoms with Gasteiger partial charge in [-0.15, -0.1) is 0 Å². The van der Waals surface area contributed by atoms with Crippen molar-refractivity contribution in [3.05, 3.63) is 0 Å². The summed E-state index contributed by atoms with van der Waals surface area (Å²) in [4.78, 5) is 0. The average Bonchev–Trinajstić information content (AvgIpc) is 1.91. The molecular weight excluding hydrogens is 153 g/mol. The molecule has 0 amide bonds. The van der Waals surface area contributed by atoms with Crippen molar-refractivity contribution in [2.24, 2.45) is 17.1 Å². The van der Waals surface area contributed by atoms with Crippen LogP contribution in [0.2, 0.25) is 0 Å². The lowest BCUT2D eigenvalue weighted by atomic mass is 9.51. The molecule has 0 unspecified atom stereocenters. The van der Waals surface area contributed by atoms with Crippen molar-refractivity contribution in [2.45, 2.75) is 44.7 Å². The lowest BCUT2D eigenvalue weighted by molar-refractivity contribution is -0.0354. The first kappa shape index (κ1) is 8.49. The van der Waals surface area contributed by atoms with Crippen molar-refractivity contribution >= 4 is 0 Å². The van der Waals surface area contributed by atoms with Crippen LogP contribution in [-0.2, 0) is 0 Å². The van der Waals surface area contributed by atoms with Crippen LogP contribution in [0, 0.1) is 11.3 Å². The maximum Gasteiger partial charge on any atom is 0.113 e. The SMILES string of the molecule is NC[C@H](F)CC1CC2(CCC2)C1. The van der Waals surface area contributed by atoms with Gasteiger partial charge in [0.1, 0.15) is 6.17 Å². The molecule has 2 aliphatic carbocycles. The Kier molecular flexibility index (Phi) is 2.11. The Balaban J connectivity index is 1.67. The molecule has 1 nitrogen and oxygen atoms in total. The number of nitrogens with two attached hydrogens (primary N) is 1. The summed E-state index contributed by atoms with van der Waals surface area (Å²) < 4.78 is 12.9. The third-order valence-electron chi connectivity index (χ3n) is 3.70. The highest BCUT2D eigenvalue weighted by Gasteiger charge is 2.48. The van der Waals surface area contributed by atoms with Gasteiger partial charge in [0.15, 0.2) is 0 Å². The Morgan fingerprint density at radius 3 is 2.50 bits per heavy atom. The predicted octanol–water partition coefficient (Wildman–Crippen LogP) is 2.25. The van der Waals surface area contributed by atoms with E-state index in [0.717, 1.165) is 6.42 Å². The predicted molar refractivity (Wildman–Crippen MR) is 47.6 cm³/mol. The van der Waals surface area contributed by atoms with Gasteiger partial charge in [0.25, 0.3) is 0 Å². The zero-order valence-corrected chi connectivity index (χ0v) is 7.56. The van der Waals surface area contributed by atoms with Crippen LogP contribution in [0.4, 0.5) is 4.39 Å². The van der Waals surface area contributed by atoms with Crippen LogP contribution >= 0.6 is 0 Å². The second-order valence-corrected chi connectivity index (χ2v) is 4.70. The molecule has 0 aliphatic heterocycles. The van der Waals surface area contributed by atoms with Gasteiger partial charge in [0.2, 0.25) is 0 Å². The Morgan fingerprint density at radius 2 is 2.08 bits per heavy atom. The summed E-state index contributed by atoms with van der Waals surface area (Å²) in [5, 5.41) is 0. The summed E-state index contributed by atoms with van der Waals surface area (Å²) in [6, 6.07) is 0. The van der Waals surface area contributed by atoms with Gasteiger partial charge >= 0.3 is 0 Å². The summed E-state index contributed by atoms with van der Waals surface area (Å²) in [6.45, 7) is 0.212. The minimum atomic E-state index is -0.743. The molecule has 0 bridgehead atoms.